The van der Waals surface area contributed by atoms with Gasteiger partial charge in [-0.05, 0) is 30.9 Å². The van der Waals surface area contributed by atoms with Crippen LogP contribution in [0.4, 0.5) is 10.2 Å². The molecule has 1 aliphatic rings. The summed E-state index contributed by atoms with van der Waals surface area (Å²) in [6.07, 6.45) is 4.50. The van der Waals surface area contributed by atoms with Gasteiger partial charge in [0.1, 0.15) is 0 Å². The maximum atomic E-state index is 13.3. The number of nitrogens with zero attached hydrogens (tertiary/aromatic N) is 3. The molecule has 1 heterocycles. The molecule has 1 aromatic heterocycles. The summed E-state index contributed by atoms with van der Waals surface area (Å²) in [6, 6.07) is 0.399. The molecule has 0 saturated heterocycles. The van der Waals surface area contributed by atoms with Crippen LogP contribution in [0.1, 0.15) is 19.3 Å². The van der Waals surface area contributed by atoms with Crippen LogP contribution in [0, 0.1) is 5.82 Å². The van der Waals surface area contributed by atoms with E-state index in [1.165, 1.54) is 6.42 Å². The summed E-state index contributed by atoms with van der Waals surface area (Å²) in [5.74, 6) is -0.112. The first-order valence-electron chi connectivity index (χ1n) is 4.59. The van der Waals surface area contributed by atoms with Crippen molar-refractivity contribution in [2.75, 3.05) is 11.9 Å². The Morgan fingerprint density at radius 1 is 1.57 bits per heavy atom. The highest BCUT2D eigenvalue weighted by Crippen LogP contribution is 2.28. The van der Waals surface area contributed by atoms with Crippen LogP contribution in [0.25, 0.3) is 0 Å². The Kier molecular flexibility index (Phi) is 2.54. The lowest BCUT2D eigenvalue weighted by atomic mass is 9.92. The highest BCUT2D eigenvalue weighted by molar-refractivity contribution is 6.28. The van der Waals surface area contributed by atoms with Crippen molar-refractivity contribution in [2.45, 2.75) is 25.3 Å². The number of aromatic nitrogens is 2. The lowest BCUT2D eigenvalue weighted by Crippen LogP contribution is -2.38. The van der Waals surface area contributed by atoms with E-state index in [2.05, 4.69) is 9.97 Å². The zero-order valence-corrected chi connectivity index (χ0v) is 8.63. The molecule has 1 fully saturated rings. The van der Waals surface area contributed by atoms with Crippen molar-refractivity contribution in [2.24, 2.45) is 0 Å². The standard InChI is InChI=1S/C9H11ClFN3/c1-14(6-3-2-4-6)8-7(11)5-12-9(10)13-8/h5-6H,2-4H2,1H3. The molecule has 1 aliphatic carbocycles. The van der Waals surface area contributed by atoms with Crippen LogP contribution in [-0.4, -0.2) is 23.1 Å². The summed E-state index contributed by atoms with van der Waals surface area (Å²) in [6.45, 7) is 0. The van der Waals surface area contributed by atoms with Gasteiger partial charge in [-0.25, -0.2) is 9.37 Å². The van der Waals surface area contributed by atoms with Gasteiger partial charge in [-0.2, -0.15) is 4.98 Å². The molecule has 76 valence electrons. The average Bonchev–Trinajstić information content (AvgIpc) is 2.06. The molecule has 0 atom stereocenters. The molecule has 0 N–H and O–H groups in total. The van der Waals surface area contributed by atoms with Crippen molar-refractivity contribution in [1.82, 2.24) is 9.97 Å². The SMILES string of the molecule is CN(c1nc(Cl)ncc1F)C1CCC1. The molecule has 1 saturated carbocycles. The molecule has 0 unspecified atom stereocenters. The van der Waals surface area contributed by atoms with Crippen LogP contribution in [0.3, 0.4) is 0 Å². The molecule has 5 heteroatoms. The molecule has 0 aromatic carbocycles. The van der Waals surface area contributed by atoms with Crippen molar-refractivity contribution < 1.29 is 4.39 Å². The molecule has 3 nitrogen and oxygen atoms in total. The number of anilines is 1. The number of hydrogen-bond acceptors (Lipinski definition) is 3. The third kappa shape index (κ3) is 1.66. The average molecular weight is 216 g/mol. The summed E-state index contributed by atoms with van der Waals surface area (Å²) >= 11 is 5.61. The largest absolute Gasteiger partial charge is 0.354 e. The molecule has 2 rings (SSSR count). The van der Waals surface area contributed by atoms with Crippen molar-refractivity contribution in [3.63, 3.8) is 0 Å². The second-order valence-electron chi connectivity index (χ2n) is 3.51. The fourth-order valence-corrected chi connectivity index (χ4v) is 1.66. The fourth-order valence-electron chi connectivity index (χ4n) is 1.53. The highest BCUT2D eigenvalue weighted by atomic mass is 35.5. The van der Waals surface area contributed by atoms with Crippen LogP contribution >= 0.6 is 11.6 Å². The zero-order valence-electron chi connectivity index (χ0n) is 7.87. The molecule has 0 radical (unpaired) electrons. The molecular formula is C9H11ClFN3. The first-order chi connectivity index (χ1) is 6.68. The summed E-state index contributed by atoms with van der Waals surface area (Å²) in [4.78, 5) is 9.30. The van der Waals surface area contributed by atoms with Gasteiger partial charge in [0.05, 0.1) is 6.20 Å². The summed E-state index contributed by atoms with van der Waals surface area (Å²) in [5, 5.41) is 0.0903. The van der Waals surface area contributed by atoms with E-state index in [1.807, 2.05) is 11.9 Å². The molecule has 1 aromatic rings. The number of rotatable bonds is 2. The van der Waals surface area contributed by atoms with Gasteiger partial charge in [0.25, 0.3) is 0 Å². The van der Waals surface area contributed by atoms with Gasteiger partial charge in [0.15, 0.2) is 11.6 Å². The lowest BCUT2D eigenvalue weighted by molar-refractivity contribution is 0.395. The third-order valence-electron chi connectivity index (χ3n) is 2.65. The van der Waals surface area contributed by atoms with Gasteiger partial charge >= 0.3 is 0 Å². The monoisotopic (exact) mass is 215 g/mol. The van der Waals surface area contributed by atoms with E-state index in [-0.39, 0.29) is 5.28 Å². The molecular weight excluding hydrogens is 205 g/mol. The minimum Gasteiger partial charge on any atom is -0.354 e. The normalized spacial score (nSPS) is 16.5. The zero-order chi connectivity index (χ0) is 10.1. The second kappa shape index (κ2) is 3.69. The van der Waals surface area contributed by atoms with Gasteiger partial charge in [-0.15, -0.1) is 0 Å². The van der Waals surface area contributed by atoms with Gasteiger partial charge in [0.2, 0.25) is 5.28 Å². The Labute approximate surface area is 86.9 Å². The van der Waals surface area contributed by atoms with Gasteiger partial charge in [-0.3, -0.25) is 0 Å². The Hall–Kier alpha value is -0.900. The fraction of sp³-hybridized carbons (Fsp3) is 0.556. The number of hydrogen-bond donors (Lipinski definition) is 0. The van der Waals surface area contributed by atoms with Crippen molar-refractivity contribution in [1.29, 1.82) is 0 Å². The number of halogens is 2. The Bertz CT molecular complexity index is 341. The quantitative estimate of drug-likeness (QED) is 0.709. The maximum absolute atomic E-state index is 13.3. The molecule has 14 heavy (non-hydrogen) atoms. The van der Waals surface area contributed by atoms with E-state index in [9.17, 15) is 4.39 Å². The van der Waals surface area contributed by atoms with Crippen molar-refractivity contribution >= 4 is 17.4 Å². The van der Waals surface area contributed by atoms with E-state index in [0.29, 0.717) is 11.9 Å². The van der Waals surface area contributed by atoms with Crippen LogP contribution in [0.2, 0.25) is 5.28 Å². The summed E-state index contributed by atoms with van der Waals surface area (Å²) < 4.78 is 13.3. The topological polar surface area (TPSA) is 29.0 Å². The van der Waals surface area contributed by atoms with E-state index < -0.39 is 5.82 Å². The van der Waals surface area contributed by atoms with Crippen molar-refractivity contribution in [3.05, 3.63) is 17.3 Å². The minimum absolute atomic E-state index is 0.0903. The van der Waals surface area contributed by atoms with Crippen molar-refractivity contribution in [3.8, 4) is 0 Å². The highest BCUT2D eigenvalue weighted by Gasteiger charge is 2.25. The van der Waals surface area contributed by atoms with Crippen LogP contribution in [0.15, 0.2) is 6.20 Å². The Balaban J connectivity index is 2.24. The van der Waals surface area contributed by atoms with Gasteiger partial charge in [0, 0.05) is 13.1 Å². The first kappa shape index (κ1) is 9.65. The van der Waals surface area contributed by atoms with E-state index in [4.69, 9.17) is 11.6 Å². The summed E-state index contributed by atoms with van der Waals surface area (Å²) in [5.41, 5.74) is 0. The second-order valence-corrected chi connectivity index (χ2v) is 3.84. The van der Waals surface area contributed by atoms with Crippen LogP contribution in [-0.2, 0) is 0 Å². The molecule has 0 amide bonds. The van der Waals surface area contributed by atoms with E-state index >= 15 is 0 Å². The molecule has 0 aliphatic heterocycles. The lowest BCUT2D eigenvalue weighted by Gasteiger charge is -2.35. The van der Waals surface area contributed by atoms with E-state index in [1.54, 1.807) is 0 Å². The van der Waals surface area contributed by atoms with E-state index in [0.717, 1.165) is 19.0 Å². The summed E-state index contributed by atoms with van der Waals surface area (Å²) in [7, 11) is 1.84. The first-order valence-corrected chi connectivity index (χ1v) is 4.97. The molecule has 0 bridgehead atoms. The van der Waals surface area contributed by atoms with Gasteiger partial charge in [-0.1, -0.05) is 0 Å². The maximum Gasteiger partial charge on any atom is 0.224 e. The Morgan fingerprint density at radius 3 is 2.86 bits per heavy atom. The van der Waals surface area contributed by atoms with Crippen LogP contribution in [0.5, 0.6) is 0 Å². The smallest absolute Gasteiger partial charge is 0.224 e. The minimum atomic E-state index is -0.413. The third-order valence-corrected chi connectivity index (χ3v) is 2.83. The predicted molar refractivity (Wildman–Crippen MR) is 53.0 cm³/mol. The van der Waals surface area contributed by atoms with Crippen LogP contribution < -0.4 is 4.90 Å². The molecule has 0 spiro atoms. The Morgan fingerprint density at radius 2 is 2.29 bits per heavy atom. The van der Waals surface area contributed by atoms with Gasteiger partial charge < -0.3 is 4.90 Å². The predicted octanol–water partition coefficient (Wildman–Crippen LogP) is 2.26.